The van der Waals surface area contributed by atoms with E-state index >= 15 is 0 Å². The van der Waals surface area contributed by atoms with Crippen molar-refractivity contribution in [1.82, 2.24) is 10.2 Å². The Morgan fingerprint density at radius 1 is 1.05 bits per heavy atom. The van der Waals surface area contributed by atoms with Crippen LogP contribution >= 0.6 is 0 Å². The van der Waals surface area contributed by atoms with Crippen molar-refractivity contribution >= 4 is 0 Å². The molecule has 1 N–H and O–H groups in total. The van der Waals surface area contributed by atoms with Crippen LogP contribution in [0.15, 0.2) is 0 Å². The zero-order valence-corrected chi connectivity index (χ0v) is 13.1. The van der Waals surface area contributed by atoms with Crippen LogP contribution < -0.4 is 5.32 Å². The van der Waals surface area contributed by atoms with Gasteiger partial charge in [-0.1, -0.05) is 33.6 Å². The van der Waals surface area contributed by atoms with Crippen molar-refractivity contribution in [1.29, 1.82) is 0 Å². The quantitative estimate of drug-likeness (QED) is 0.841. The van der Waals surface area contributed by atoms with E-state index in [1.165, 1.54) is 58.2 Å². The first-order valence-electron chi connectivity index (χ1n) is 8.51. The smallest absolute Gasteiger partial charge is 0.0269 e. The monoisotopic (exact) mass is 264 g/mol. The zero-order chi connectivity index (χ0) is 13.5. The largest absolute Gasteiger partial charge is 0.311 e. The number of hydrogen-bond donors (Lipinski definition) is 1. The molecule has 3 fully saturated rings. The first-order chi connectivity index (χ1) is 9.04. The summed E-state index contributed by atoms with van der Waals surface area (Å²) < 4.78 is 0. The lowest BCUT2D eigenvalue weighted by Gasteiger charge is -2.47. The molecule has 0 aromatic carbocycles. The van der Waals surface area contributed by atoms with E-state index in [0.29, 0.717) is 5.41 Å². The summed E-state index contributed by atoms with van der Waals surface area (Å²) in [7, 11) is 0. The lowest BCUT2D eigenvalue weighted by atomic mass is 9.83. The standard InChI is InChI=1S/C17H32N2/c1-17(2,3)16-10-18-15(14-8-9-14)12-19(16)11-13-6-4-5-7-13/h13-16,18H,4-12H2,1-3H3. The van der Waals surface area contributed by atoms with Crippen molar-refractivity contribution in [3.63, 3.8) is 0 Å². The van der Waals surface area contributed by atoms with E-state index in [9.17, 15) is 0 Å². The molecular formula is C17H32N2. The molecule has 0 aromatic rings. The Hall–Kier alpha value is -0.0800. The van der Waals surface area contributed by atoms with Crippen molar-refractivity contribution in [2.24, 2.45) is 17.3 Å². The Morgan fingerprint density at radius 3 is 2.32 bits per heavy atom. The van der Waals surface area contributed by atoms with Gasteiger partial charge in [0.1, 0.15) is 0 Å². The fraction of sp³-hybridized carbons (Fsp3) is 1.00. The molecule has 0 radical (unpaired) electrons. The van der Waals surface area contributed by atoms with Crippen LogP contribution in [0.25, 0.3) is 0 Å². The summed E-state index contributed by atoms with van der Waals surface area (Å²) in [5, 5.41) is 3.85. The van der Waals surface area contributed by atoms with Crippen LogP contribution in [0.1, 0.15) is 59.3 Å². The van der Waals surface area contributed by atoms with E-state index in [-0.39, 0.29) is 0 Å². The van der Waals surface area contributed by atoms with Gasteiger partial charge >= 0.3 is 0 Å². The molecule has 0 bridgehead atoms. The molecule has 2 atom stereocenters. The highest BCUT2D eigenvalue weighted by Crippen LogP contribution is 2.37. The number of nitrogens with zero attached hydrogens (tertiary/aromatic N) is 1. The van der Waals surface area contributed by atoms with Crippen molar-refractivity contribution in [2.45, 2.75) is 71.4 Å². The molecule has 3 rings (SSSR count). The van der Waals surface area contributed by atoms with Crippen LogP contribution in [-0.2, 0) is 0 Å². The van der Waals surface area contributed by atoms with Gasteiger partial charge in [-0.3, -0.25) is 4.90 Å². The number of hydrogen-bond acceptors (Lipinski definition) is 2. The van der Waals surface area contributed by atoms with Crippen molar-refractivity contribution in [2.75, 3.05) is 19.6 Å². The summed E-state index contributed by atoms with van der Waals surface area (Å²) in [6.07, 6.45) is 8.85. The van der Waals surface area contributed by atoms with Gasteiger partial charge in [0.15, 0.2) is 0 Å². The maximum Gasteiger partial charge on any atom is 0.0269 e. The second-order valence-corrected chi connectivity index (χ2v) is 8.34. The lowest BCUT2D eigenvalue weighted by molar-refractivity contribution is 0.0393. The van der Waals surface area contributed by atoms with Crippen LogP contribution in [0.4, 0.5) is 0 Å². The minimum absolute atomic E-state index is 0.403. The molecule has 2 heteroatoms. The fourth-order valence-electron chi connectivity index (χ4n) is 4.23. The minimum atomic E-state index is 0.403. The highest BCUT2D eigenvalue weighted by molar-refractivity contribution is 4.98. The third-order valence-corrected chi connectivity index (χ3v) is 5.60. The van der Waals surface area contributed by atoms with Gasteiger partial charge in [0.25, 0.3) is 0 Å². The van der Waals surface area contributed by atoms with Crippen molar-refractivity contribution in [3.05, 3.63) is 0 Å². The van der Waals surface area contributed by atoms with Crippen molar-refractivity contribution in [3.8, 4) is 0 Å². The van der Waals surface area contributed by atoms with Crippen LogP contribution in [0.3, 0.4) is 0 Å². The molecule has 1 aliphatic heterocycles. The SMILES string of the molecule is CC(C)(C)C1CNC(C2CC2)CN1CC1CCCC1. The van der Waals surface area contributed by atoms with Gasteiger partial charge in [-0.2, -0.15) is 0 Å². The van der Waals surface area contributed by atoms with Gasteiger partial charge in [0.05, 0.1) is 0 Å². The normalized spacial score (nSPS) is 34.9. The fourth-order valence-corrected chi connectivity index (χ4v) is 4.23. The molecule has 0 aromatic heterocycles. The Labute approximate surface area is 119 Å². The Bertz CT molecular complexity index is 295. The number of rotatable bonds is 3. The molecule has 2 unspecified atom stereocenters. The molecule has 1 heterocycles. The first kappa shape index (κ1) is 13.9. The predicted octanol–water partition coefficient (Wildman–Crippen LogP) is 3.28. The summed E-state index contributed by atoms with van der Waals surface area (Å²) >= 11 is 0. The molecule has 19 heavy (non-hydrogen) atoms. The zero-order valence-electron chi connectivity index (χ0n) is 13.1. The summed E-state index contributed by atoms with van der Waals surface area (Å²) in [5.74, 6) is 1.98. The van der Waals surface area contributed by atoms with Crippen LogP contribution in [0.2, 0.25) is 0 Å². The summed E-state index contributed by atoms with van der Waals surface area (Å²) in [6.45, 7) is 11.1. The summed E-state index contributed by atoms with van der Waals surface area (Å²) in [6, 6.07) is 1.52. The Morgan fingerprint density at radius 2 is 1.74 bits per heavy atom. The van der Waals surface area contributed by atoms with Crippen LogP contribution in [0, 0.1) is 17.3 Å². The van der Waals surface area contributed by atoms with E-state index < -0.39 is 0 Å². The average molecular weight is 264 g/mol. The Kier molecular flexibility index (Phi) is 3.92. The average Bonchev–Trinajstić information content (AvgIpc) is 3.07. The minimum Gasteiger partial charge on any atom is -0.311 e. The predicted molar refractivity (Wildman–Crippen MR) is 81.3 cm³/mol. The van der Waals surface area contributed by atoms with Crippen LogP contribution in [0.5, 0.6) is 0 Å². The molecule has 2 aliphatic carbocycles. The van der Waals surface area contributed by atoms with E-state index in [4.69, 9.17) is 0 Å². The maximum absolute atomic E-state index is 3.85. The third-order valence-electron chi connectivity index (χ3n) is 5.60. The number of nitrogens with one attached hydrogen (secondary N) is 1. The highest BCUT2D eigenvalue weighted by atomic mass is 15.2. The van der Waals surface area contributed by atoms with Gasteiger partial charge in [0, 0.05) is 31.7 Å². The van der Waals surface area contributed by atoms with Gasteiger partial charge in [-0.15, -0.1) is 0 Å². The van der Waals surface area contributed by atoms with E-state index in [0.717, 1.165) is 23.9 Å². The van der Waals surface area contributed by atoms with E-state index in [1.807, 2.05) is 0 Å². The van der Waals surface area contributed by atoms with Gasteiger partial charge < -0.3 is 5.32 Å². The second-order valence-electron chi connectivity index (χ2n) is 8.34. The molecule has 0 amide bonds. The topological polar surface area (TPSA) is 15.3 Å². The highest BCUT2D eigenvalue weighted by Gasteiger charge is 2.41. The Balaban J connectivity index is 1.64. The summed E-state index contributed by atoms with van der Waals surface area (Å²) in [4.78, 5) is 2.86. The molecule has 110 valence electrons. The lowest BCUT2D eigenvalue weighted by Crippen LogP contribution is -2.61. The van der Waals surface area contributed by atoms with E-state index in [1.54, 1.807) is 0 Å². The maximum atomic E-state index is 3.85. The van der Waals surface area contributed by atoms with Crippen LogP contribution in [-0.4, -0.2) is 36.6 Å². The van der Waals surface area contributed by atoms with Gasteiger partial charge in [-0.25, -0.2) is 0 Å². The summed E-state index contributed by atoms with van der Waals surface area (Å²) in [5.41, 5.74) is 0.403. The number of piperazine rings is 1. The molecule has 0 spiro atoms. The van der Waals surface area contributed by atoms with Gasteiger partial charge in [0.2, 0.25) is 0 Å². The first-order valence-corrected chi connectivity index (χ1v) is 8.51. The molecule has 2 saturated carbocycles. The van der Waals surface area contributed by atoms with Gasteiger partial charge in [-0.05, 0) is 42.9 Å². The van der Waals surface area contributed by atoms with E-state index in [2.05, 4.69) is 31.0 Å². The third kappa shape index (κ3) is 3.33. The second kappa shape index (κ2) is 5.37. The molecular weight excluding hydrogens is 232 g/mol. The molecule has 3 aliphatic rings. The molecule has 1 saturated heterocycles. The molecule has 2 nitrogen and oxygen atoms in total. The van der Waals surface area contributed by atoms with Crippen molar-refractivity contribution < 1.29 is 0 Å².